The van der Waals surface area contributed by atoms with E-state index in [2.05, 4.69) is 46.9 Å². The van der Waals surface area contributed by atoms with Crippen molar-refractivity contribution in [2.45, 2.75) is 78.9 Å². The van der Waals surface area contributed by atoms with Crippen LogP contribution in [0, 0.1) is 5.92 Å². The zero-order valence-corrected chi connectivity index (χ0v) is 12.8. The van der Waals surface area contributed by atoms with Crippen molar-refractivity contribution < 1.29 is 4.74 Å². The van der Waals surface area contributed by atoms with Gasteiger partial charge in [-0.25, -0.2) is 0 Å². The van der Waals surface area contributed by atoms with Crippen molar-refractivity contribution in [2.24, 2.45) is 5.92 Å². The summed E-state index contributed by atoms with van der Waals surface area (Å²) in [5.41, 5.74) is -0.0293. The normalized spacial score (nSPS) is 18.7. The topological polar surface area (TPSA) is 21.3 Å². The first-order valence-corrected chi connectivity index (χ1v) is 7.42. The molecule has 0 saturated carbocycles. The van der Waals surface area contributed by atoms with Crippen LogP contribution in [0.15, 0.2) is 0 Å². The third kappa shape index (κ3) is 5.39. The summed E-state index contributed by atoms with van der Waals surface area (Å²) in [6, 6.07) is 0.465. The van der Waals surface area contributed by atoms with Gasteiger partial charge in [0.15, 0.2) is 0 Å². The summed E-state index contributed by atoms with van der Waals surface area (Å²) in [4.78, 5) is 0. The summed E-state index contributed by atoms with van der Waals surface area (Å²) in [6.07, 6.45) is 4.76. The Morgan fingerprint density at radius 2 is 1.76 bits per heavy atom. The van der Waals surface area contributed by atoms with Crippen LogP contribution in [0.25, 0.3) is 0 Å². The second kappa shape index (κ2) is 8.93. The Morgan fingerprint density at radius 3 is 2.18 bits per heavy atom. The van der Waals surface area contributed by atoms with Gasteiger partial charge in [-0.1, -0.05) is 34.1 Å². The van der Waals surface area contributed by atoms with Crippen LogP contribution in [0.1, 0.15) is 67.2 Å². The van der Waals surface area contributed by atoms with E-state index in [1.165, 1.54) is 19.3 Å². The van der Waals surface area contributed by atoms with Gasteiger partial charge in [-0.05, 0) is 45.6 Å². The second-order valence-corrected chi connectivity index (χ2v) is 5.30. The second-order valence-electron chi connectivity index (χ2n) is 5.30. The number of nitrogens with one attached hydrogen (secondary N) is 1. The molecular formula is C15H33NO. The Labute approximate surface area is 109 Å². The average Bonchev–Trinajstić information content (AvgIpc) is 2.30. The lowest BCUT2D eigenvalue weighted by Crippen LogP contribution is -2.54. The molecule has 0 spiro atoms. The van der Waals surface area contributed by atoms with Gasteiger partial charge in [0.1, 0.15) is 0 Å². The van der Waals surface area contributed by atoms with Crippen molar-refractivity contribution in [1.29, 1.82) is 0 Å². The Balaban J connectivity index is 4.71. The molecule has 104 valence electrons. The van der Waals surface area contributed by atoms with E-state index in [0.29, 0.717) is 12.0 Å². The van der Waals surface area contributed by atoms with Crippen molar-refractivity contribution in [3.05, 3.63) is 0 Å². The van der Waals surface area contributed by atoms with Gasteiger partial charge < -0.3 is 10.1 Å². The molecule has 0 aliphatic heterocycles. The molecule has 0 radical (unpaired) electrons. The first-order valence-electron chi connectivity index (χ1n) is 7.42. The average molecular weight is 243 g/mol. The minimum Gasteiger partial charge on any atom is -0.374 e. The molecule has 0 aliphatic rings. The number of hydrogen-bond donors (Lipinski definition) is 1. The van der Waals surface area contributed by atoms with E-state index in [-0.39, 0.29) is 5.60 Å². The highest BCUT2D eigenvalue weighted by atomic mass is 16.5. The molecule has 0 aromatic heterocycles. The zero-order chi connectivity index (χ0) is 13.3. The molecule has 0 heterocycles. The van der Waals surface area contributed by atoms with Crippen molar-refractivity contribution in [2.75, 3.05) is 13.2 Å². The summed E-state index contributed by atoms with van der Waals surface area (Å²) in [5, 5.41) is 3.71. The van der Waals surface area contributed by atoms with Gasteiger partial charge in [0.2, 0.25) is 0 Å². The van der Waals surface area contributed by atoms with Gasteiger partial charge in [0.25, 0.3) is 0 Å². The first-order chi connectivity index (χ1) is 8.05. The Morgan fingerprint density at radius 1 is 1.12 bits per heavy atom. The Bertz CT molecular complexity index is 184. The van der Waals surface area contributed by atoms with Gasteiger partial charge in [0.05, 0.1) is 5.60 Å². The fourth-order valence-corrected chi connectivity index (χ4v) is 2.68. The molecule has 0 saturated heterocycles. The molecule has 0 aromatic rings. The van der Waals surface area contributed by atoms with Crippen LogP contribution in [0.3, 0.4) is 0 Å². The lowest BCUT2D eigenvalue weighted by atomic mass is 9.82. The molecule has 0 fully saturated rings. The van der Waals surface area contributed by atoms with E-state index in [1.807, 2.05) is 0 Å². The van der Waals surface area contributed by atoms with Crippen molar-refractivity contribution >= 4 is 0 Å². The lowest BCUT2D eigenvalue weighted by molar-refractivity contribution is -0.0683. The Hall–Kier alpha value is -0.0800. The minimum atomic E-state index is -0.0293. The van der Waals surface area contributed by atoms with Crippen molar-refractivity contribution in [3.8, 4) is 0 Å². The minimum absolute atomic E-state index is 0.0293. The van der Waals surface area contributed by atoms with E-state index < -0.39 is 0 Å². The maximum Gasteiger partial charge on any atom is 0.0806 e. The van der Waals surface area contributed by atoms with Crippen molar-refractivity contribution in [1.82, 2.24) is 5.32 Å². The molecule has 3 atom stereocenters. The number of ether oxygens (including phenoxy) is 1. The molecule has 0 amide bonds. The standard InChI is InChI=1S/C15H33NO/c1-7-11-13(5)14(16-12-8-2)15(6,9-3)17-10-4/h13-14,16H,7-12H2,1-6H3. The molecule has 2 heteroatoms. The number of hydrogen-bond acceptors (Lipinski definition) is 2. The highest BCUT2D eigenvalue weighted by molar-refractivity contribution is 4.91. The largest absolute Gasteiger partial charge is 0.374 e. The first kappa shape index (κ1) is 16.9. The molecule has 17 heavy (non-hydrogen) atoms. The maximum absolute atomic E-state index is 6.04. The summed E-state index contributed by atoms with van der Waals surface area (Å²) in [5.74, 6) is 0.669. The van der Waals surface area contributed by atoms with Crippen molar-refractivity contribution in [3.63, 3.8) is 0 Å². The summed E-state index contributed by atoms with van der Waals surface area (Å²) in [7, 11) is 0. The van der Waals surface area contributed by atoms with Gasteiger partial charge in [-0.15, -0.1) is 0 Å². The fraction of sp³-hybridized carbons (Fsp3) is 1.00. The molecule has 0 bridgehead atoms. The summed E-state index contributed by atoms with van der Waals surface area (Å²) >= 11 is 0. The predicted molar refractivity (Wildman–Crippen MR) is 76.5 cm³/mol. The predicted octanol–water partition coefficient (Wildman–Crippen LogP) is 4.00. The van der Waals surface area contributed by atoms with Gasteiger partial charge >= 0.3 is 0 Å². The van der Waals surface area contributed by atoms with Crippen LogP contribution >= 0.6 is 0 Å². The highest BCUT2D eigenvalue weighted by Crippen LogP contribution is 2.27. The molecular weight excluding hydrogens is 210 g/mol. The van der Waals surface area contributed by atoms with E-state index >= 15 is 0 Å². The third-order valence-corrected chi connectivity index (χ3v) is 3.76. The van der Waals surface area contributed by atoms with Gasteiger partial charge in [-0.2, -0.15) is 0 Å². The van der Waals surface area contributed by atoms with E-state index in [9.17, 15) is 0 Å². The summed E-state index contributed by atoms with van der Waals surface area (Å²) in [6.45, 7) is 15.3. The van der Waals surface area contributed by atoms with E-state index in [4.69, 9.17) is 4.74 Å². The highest BCUT2D eigenvalue weighted by Gasteiger charge is 2.35. The quantitative estimate of drug-likeness (QED) is 0.626. The van der Waals surface area contributed by atoms with Crippen LogP contribution in [-0.4, -0.2) is 24.8 Å². The SMILES string of the molecule is CCCNC(C(C)CCC)C(C)(CC)OCC. The van der Waals surface area contributed by atoms with Crippen LogP contribution in [0.2, 0.25) is 0 Å². The fourth-order valence-electron chi connectivity index (χ4n) is 2.68. The van der Waals surface area contributed by atoms with Crippen LogP contribution in [0.4, 0.5) is 0 Å². The van der Waals surface area contributed by atoms with E-state index in [0.717, 1.165) is 19.6 Å². The zero-order valence-electron chi connectivity index (χ0n) is 12.8. The third-order valence-electron chi connectivity index (χ3n) is 3.76. The van der Waals surface area contributed by atoms with Crippen LogP contribution in [0.5, 0.6) is 0 Å². The summed E-state index contributed by atoms with van der Waals surface area (Å²) < 4.78 is 6.04. The van der Waals surface area contributed by atoms with Gasteiger partial charge in [0, 0.05) is 12.6 Å². The molecule has 0 aliphatic carbocycles. The molecule has 0 rings (SSSR count). The van der Waals surface area contributed by atoms with E-state index in [1.54, 1.807) is 0 Å². The maximum atomic E-state index is 6.04. The molecule has 2 nitrogen and oxygen atoms in total. The smallest absolute Gasteiger partial charge is 0.0806 e. The Kier molecular flexibility index (Phi) is 8.89. The van der Waals surface area contributed by atoms with Crippen LogP contribution in [-0.2, 0) is 4.74 Å². The lowest BCUT2D eigenvalue weighted by Gasteiger charge is -2.41. The molecule has 3 unspecified atom stereocenters. The number of rotatable bonds is 10. The van der Waals surface area contributed by atoms with Crippen LogP contribution < -0.4 is 5.32 Å². The molecule has 0 aromatic carbocycles. The monoisotopic (exact) mass is 243 g/mol. The van der Waals surface area contributed by atoms with Gasteiger partial charge in [-0.3, -0.25) is 0 Å². The molecule has 1 N–H and O–H groups in total.